The van der Waals surface area contributed by atoms with Crippen LogP contribution in [0.5, 0.6) is 0 Å². The van der Waals surface area contributed by atoms with Crippen molar-refractivity contribution in [1.82, 2.24) is 0 Å². The molecule has 1 fully saturated rings. The zero-order chi connectivity index (χ0) is 7.94. The third kappa shape index (κ3) is 3.54. The largest absolute Gasteiger partial charge is 0.417 e. The van der Waals surface area contributed by atoms with Crippen molar-refractivity contribution >= 4 is 9.04 Å². The first-order valence-corrected chi connectivity index (χ1v) is 6.10. The van der Waals surface area contributed by atoms with Gasteiger partial charge in [0.05, 0.1) is 6.07 Å². The average Bonchev–Trinajstić information content (AvgIpc) is 2.07. The minimum atomic E-state index is -0.472. The molecular weight excluding hydrogens is 154 g/mol. The standard InChI is InChI=1S/C8H14NOSi/c9-5-1-3-7-11-8-4-2-6-10-11/h1-4,6-8H2. The second kappa shape index (κ2) is 5.33. The number of rotatable bonds is 3. The Morgan fingerprint density at radius 1 is 1.45 bits per heavy atom. The third-order valence-corrected chi connectivity index (χ3v) is 4.34. The molecule has 61 valence electrons. The molecule has 0 atom stereocenters. The molecule has 0 aromatic rings. The predicted octanol–water partition coefficient (Wildman–Crippen LogP) is 2.09. The van der Waals surface area contributed by atoms with Crippen LogP contribution in [-0.4, -0.2) is 15.6 Å². The van der Waals surface area contributed by atoms with Gasteiger partial charge in [-0.05, 0) is 24.9 Å². The molecule has 0 unspecified atom stereocenters. The van der Waals surface area contributed by atoms with Gasteiger partial charge in [0.15, 0.2) is 0 Å². The van der Waals surface area contributed by atoms with E-state index in [1.54, 1.807) is 0 Å². The van der Waals surface area contributed by atoms with E-state index in [1.165, 1.54) is 24.9 Å². The Kier molecular flexibility index (Phi) is 4.25. The number of hydrogen-bond donors (Lipinski definition) is 0. The van der Waals surface area contributed by atoms with E-state index in [2.05, 4.69) is 6.07 Å². The fraction of sp³-hybridized carbons (Fsp3) is 0.875. The van der Waals surface area contributed by atoms with Crippen LogP contribution >= 0.6 is 0 Å². The van der Waals surface area contributed by atoms with E-state index >= 15 is 0 Å². The van der Waals surface area contributed by atoms with Crippen LogP contribution < -0.4 is 0 Å². The highest BCUT2D eigenvalue weighted by atomic mass is 28.3. The first-order valence-electron chi connectivity index (χ1n) is 4.28. The number of hydrogen-bond acceptors (Lipinski definition) is 2. The summed E-state index contributed by atoms with van der Waals surface area (Å²) >= 11 is 0. The molecule has 2 nitrogen and oxygen atoms in total. The van der Waals surface area contributed by atoms with Crippen LogP contribution in [0.4, 0.5) is 0 Å². The first-order chi connectivity index (χ1) is 5.43. The highest BCUT2D eigenvalue weighted by Crippen LogP contribution is 2.15. The van der Waals surface area contributed by atoms with E-state index in [1.807, 2.05) is 0 Å². The van der Waals surface area contributed by atoms with Crippen LogP contribution in [0.25, 0.3) is 0 Å². The second-order valence-corrected chi connectivity index (χ2v) is 5.22. The molecule has 0 spiro atoms. The molecule has 0 aromatic carbocycles. The summed E-state index contributed by atoms with van der Waals surface area (Å²) in [6.45, 7) is 0.973. The fourth-order valence-corrected chi connectivity index (χ4v) is 3.46. The Morgan fingerprint density at radius 2 is 2.36 bits per heavy atom. The summed E-state index contributed by atoms with van der Waals surface area (Å²) in [6.07, 6.45) is 4.34. The van der Waals surface area contributed by atoms with Crippen molar-refractivity contribution in [2.75, 3.05) is 6.61 Å². The van der Waals surface area contributed by atoms with E-state index in [0.717, 1.165) is 13.0 Å². The van der Waals surface area contributed by atoms with Crippen molar-refractivity contribution in [2.45, 2.75) is 37.8 Å². The number of nitrogens with zero attached hydrogens (tertiary/aromatic N) is 1. The summed E-state index contributed by atoms with van der Waals surface area (Å²) in [4.78, 5) is 0. The summed E-state index contributed by atoms with van der Waals surface area (Å²) in [5.74, 6) is 0. The summed E-state index contributed by atoms with van der Waals surface area (Å²) < 4.78 is 5.62. The molecule has 1 rings (SSSR count). The fourth-order valence-electron chi connectivity index (χ4n) is 1.27. The monoisotopic (exact) mass is 168 g/mol. The number of unbranched alkanes of at least 4 members (excludes halogenated alkanes) is 1. The van der Waals surface area contributed by atoms with Gasteiger partial charge in [0, 0.05) is 13.0 Å². The Labute approximate surface area is 69.9 Å². The van der Waals surface area contributed by atoms with Crippen molar-refractivity contribution in [3.8, 4) is 6.07 Å². The van der Waals surface area contributed by atoms with Crippen LogP contribution in [-0.2, 0) is 4.43 Å². The maximum Gasteiger partial charge on any atom is 0.211 e. The van der Waals surface area contributed by atoms with Crippen molar-refractivity contribution in [2.24, 2.45) is 0 Å². The normalized spacial score (nSPS) is 19.5. The van der Waals surface area contributed by atoms with Gasteiger partial charge >= 0.3 is 0 Å². The molecule has 3 heteroatoms. The van der Waals surface area contributed by atoms with Crippen LogP contribution in [0.1, 0.15) is 25.7 Å². The third-order valence-electron chi connectivity index (χ3n) is 1.90. The van der Waals surface area contributed by atoms with Gasteiger partial charge in [-0.3, -0.25) is 0 Å². The minimum Gasteiger partial charge on any atom is -0.417 e. The van der Waals surface area contributed by atoms with Gasteiger partial charge in [0.2, 0.25) is 9.04 Å². The van der Waals surface area contributed by atoms with Crippen molar-refractivity contribution in [1.29, 1.82) is 5.26 Å². The summed E-state index contributed by atoms with van der Waals surface area (Å²) in [5, 5.41) is 8.32. The van der Waals surface area contributed by atoms with Crippen molar-refractivity contribution < 1.29 is 4.43 Å². The molecule has 0 aliphatic carbocycles. The molecule has 1 aliphatic rings. The van der Waals surface area contributed by atoms with Crippen LogP contribution in [0.15, 0.2) is 0 Å². The summed E-state index contributed by atoms with van der Waals surface area (Å²) in [7, 11) is -0.472. The van der Waals surface area contributed by atoms with Gasteiger partial charge in [0.1, 0.15) is 0 Å². The zero-order valence-corrected chi connectivity index (χ0v) is 7.81. The molecule has 1 heterocycles. The molecule has 0 N–H and O–H groups in total. The Hall–Kier alpha value is -0.333. The van der Waals surface area contributed by atoms with Gasteiger partial charge in [-0.1, -0.05) is 6.42 Å². The lowest BCUT2D eigenvalue weighted by atomic mass is 10.4. The highest BCUT2D eigenvalue weighted by molar-refractivity contribution is 6.51. The maximum absolute atomic E-state index is 8.32. The van der Waals surface area contributed by atoms with E-state index in [-0.39, 0.29) is 0 Å². The van der Waals surface area contributed by atoms with E-state index in [4.69, 9.17) is 9.69 Å². The van der Waals surface area contributed by atoms with Crippen LogP contribution in [0.3, 0.4) is 0 Å². The summed E-state index contributed by atoms with van der Waals surface area (Å²) in [5.41, 5.74) is 0. The molecule has 0 aromatic heterocycles. The molecule has 0 amide bonds. The first kappa shape index (κ1) is 8.76. The van der Waals surface area contributed by atoms with Crippen molar-refractivity contribution in [3.05, 3.63) is 0 Å². The van der Waals surface area contributed by atoms with Gasteiger partial charge in [-0.25, -0.2) is 0 Å². The van der Waals surface area contributed by atoms with Gasteiger partial charge < -0.3 is 4.43 Å². The van der Waals surface area contributed by atoms with Crippen molar-refractivity contribution in [3.63, 3.8) is 0 Å². The molecule has 0 bridgehead atoms. The Morgan fingerprint density at radius 3 is 3.00 bits per heavy atom. The lowest BCUT2D eigenvalue weighted by Gasteiger charge is -2.19. The zero-order valence-electron chi connectivity index (χ0n) is 6.81. The van der Waals surface area contributed by atoms with Crippen LogP contribution in [0.2, 0.25) is 12.1 Å². The lowest BCUT2D eigenvalue weighted by molar-refractivity contribution is 0.286. The minimum absolute atomic E-state index is 0.472. The molecular formula is C8H14NOSi. The molecule has 1 saturated heterocycles. The van der Waals surface area contributed by atoms with E-state index in [0.29, 0.717) is 6.42 Å². The quantitative estimate of drug-likeness (QED) is 0.477. The highest BCUT2D eigenvalue weighted by Gasteiger charge is 2.15. The Bertz CT molecular complexity index is 138. The lowest BCUT2D eigenvalue weighted by Crippen LogP contribution is -2.22. The number of nitriles is 1. The smallest absolute Gasteiger partial charge is 0.211 e. The maximum atomic E-state index is 8.32. The summed E-state index contributed by atoms with van der Waals surface area (Å²) in [6, 6.07) is 4.65. The molecule has 11 heavy (non-hydrogen) atoms. The average molecular weight is 168 g/mol. The second-order valence-electron chi connectivity index (χ2n) is 2.86. The van der Waals surface area contributed by atoms with Gasteiger partial charge in [0.25, 0.3) is 0 Å². The topological polar surface area (TPSA) is 33.0 Å². The van der Waals surface area contributed by atoms with Gasteiger partial charge in [-0.2, -0.15) is 5.26 Å². The molecule has 1 radical (unpaired) electrons. The Balaban J connectivity index is 2.01. The van der Waals surface area contributed by atoms with Crippen LogP contribution in [0, 0.1) is 11.3 Å². The SMILES string of the molecule is N#CCCC[Si]1CCCCO1. The predicted molar refractivity (Wildman–Crippen MR) is 45.4 cm³/mol. The molecule has 0 saturated carbocycles. The van der Waals surface area contributed by atoms with E-state index in [9.17, 15) is 0 Å². The van der Waals surface area contributed by atoms with Gasteiger partial charge in [-0.15, -0.1) is 0 Å². The van der Waals surface area contributed by atoms with E-state index < -0.39 is 9.04 Å². The molecule has 1 aliphatic heterocycles.